The molecular formula is C14H25NO7. The average molecular weight is 319 g/mol. The van der Waals surface area contributed by atoms with Crippen LogP contribution in [0.25, 0.3) is 0 Å². The van der Waals surface area contributed by atoms with Crippen molar-refractivity contribution in [2.45, 2.75) is 52.4 Å². The molecule has 2 N–H and O–H groups in total. The minimum Gasteiger partial charge on any atom is -0.444 e. The van der Waals surface area contributed by atoms with Crippen molar-refractivity contribution in [3.8, 4) is 0 Å². The Morgan fingerprint density at radius 2 is 1.82 bits per heavy atom. The van der Waals surface area contributed by atoms with Crippen LogP contribution >= 0.6 is 0 Å². The van der Waals surface area contributed by atoms with E-state index in [4.69, 9.17) is 19.3 Å². The third-order valence-corrected chi connectivity index (χ3v) is 2.18. The first-order valence-corrected chi connectivity index (χ1v) is 7.04. The van der Waals surface area contributed by atoms with E-state index in [0.29, 0.717) is 0 Å². The zero-order valence-corrected chi connectivity index (χ0v) is 13.5. The molecule has 0 aromatic carbocycles. The number of alkyl carbamates (subject to hydrolysis) is 1. The zero-order valence-electron chi connectivity index (χ0n) is 13.5. The van der Waals surface area contributed by atoms with Crippen molar-refractivity contribution < 1.29 is 33.7 Å². The van der Waals surface area contributed by atoms with E-state index in [2.05, 4.69) is 5.32 Å². The summed E-state index contributed by atoms with van der Waals surface area (Å²) in [5.41, 5.74) is -0.637. The number of aliphatic hydroxyl groups excluding tert-OH is 1. The molecule has 0 heterocycles. The van der Waals surface area contributed by atoms with E-state index >= 15 is 0 Å². The number of esters is 1. The number of Topliss-reactive ketones (excluding diaryl/α,β-unsaturated/α-hetero) is 1. The average Bonchev–Trinajstić information content (AvgIpc) is 2.38. The van der Waals surface area contributed by atoms with Crippen LogP contribution in [0.1, 0.15) is 40.5 Å². The quantitative estimate of drug-likeness (QED) is 0.476. The van der Waals surface area contributed by atoms with Crippen molar-refractivity contribution in [1.82, 2.24) is 5.32 Å². The molecule has 0 aromatic rings. The summed E-state index contributed by atoms with van der Waals surface area (Å²) in [6.07, 6.45) is -1.63. The largest absolute Gasteiger partial charge is 0.444 e. The molecule has 0 spiro atoms. The first kappa shape index (κ1) is 20.3. The Hall–Kier alpha value is -1.67. The van der Waals surface area contributed by atoms with Crippen LogP contribution in [0.3, 0.4) is 0 Å². The summed E-state index contributed by atoms with van der Waals surface area (Å²) in [6, 6.07) is 0. The van der Waals surface area contributed by atoms with Crippen molar-refractivity contribution in [3.05, 3.63) is 0 Å². The molecule has 0 radical (unpaired) electrons. The van der Waals surface area contributed by atoms with Crippen LogP contribution in [0.2, 0.25) is 0 Å². The van der Waals surface area contributed by atoms with E-state index in [1.54, 1.807) is 20.8 Å². The van der Waals surface area contributed by atoms with Gasteiger partial charge in [0, 0.05) is 6.42 Å². The molecule has 1 unspecified atom stereocenters. The van der Waals surface area contributed by atoms with Gasteiger partial charge in [0.15, 0.2) is 12.1 Å². The van der Waals surface area contributed by atoms with Gasteiger partial charge in [-0.3, -0.25) is 9.59 Å². The van der Waals surface area contributed by atoms with E-state index in [1.807, 2.05) is 0 Å². The lowest BCUT2D eigenvalue weighted by Gasteiger charge is -2.19. The molecule has 22 heavy (non-hydrogen) atoms. The summed E-state index contributed by atoms with van der Waals surface area (Å²) in [5.74, 6) is -0.900. The fourth-order valence-electron chi connectivity index (χ4n) is 1.31. The lowest BCUT2D eigenvalue weighted by atomic mass is 10.2. The van der Waals surface area contributed by atoms with Crippen molar-refractivity contribution in [2.24, 2.45) is 0 Å². The Labute approximate surface area is 130 Å². The molecule has 1 atom stereocenters. The topological polar surface area (TPSA) is 111 Å². The normalized spacial score (nSPS) is 12.4. The van der Waals surface area contributed by atoms with Gasteiger partial charge in [0.25, 0.3) is 0 Å². The Morgan fingerprint density at radius 1 is 1.18 bits per heavy atom. The zero-order chi connectivity index (χ0) is 17.2. The van der Waals surface area contributed by atoms with E-state index in [-0.39, 0.29) is 38.4 Å². The van der Waals surface area contributed by atoms with Crippen molar-refractivity contribution in [2.75, 3.05) is 19.8 Å². The highest BCUT2D eigenvalue weighted by Crippen LogP contribution is 2.06. The van der Waals surface area contributed by atoms with Gasteiger partial charge >= 0.3 is 12.1 Å². The van der Waals surface area contributed by atoms with Crippen LogP contribution in [-0.2, 0) is 23.8 Å². The number of ether oxygens (including phenoxy) is 3. The van der Waals surface area contributed by atoms with Crippen LogP contribution in [0.15, 0.2) is 0 Å². The minimum atomic E-state index is -0.783. The van der Waals surface area contributed by atoms with Gasteiger partial charge in [-0.2, -0.15) is 0 Å². The maximum absolute atomic E-state index is 11.5. The van der Waals surface area contributed by atoms with E-state index in [1.165, 1.54) is 6.92 Å². The van der Waals surface area contributed by atoms with Crippen LogP contribution < -0.4 is 5.32 Å². The number of carbonyl (C=O) groups excluding carboxylic acids is 3. The first-order chi connectivity index (χ1) is 10.1. The SMILES string of the molecule is CC(OCCO)OC(=O)CCC(=O)CNC(=O)OC(C)(C)C. The van der Waals surface area contributed by atoms with E-state index in [9.17, 15) is 14.4 Å². The van der Waals surface area contributed by atoms with Gasteiger partial charge in [-0.05, 0) is 27.7 Å². The molecule has 1 amide bonds. The van der Waals surface area contributed by atoms with Crippen LogP contribution in [0.5, 0.6) is 0 Å². The van der Waals surface area contributed by atoms with Crippen molar-refractivity contribution >= 4 is 17.8 Å². The summed E-state index contributed by atoms with van der Waals surface area (Å²) < 4.78 is 14.8. The molecule has 0 aliphatic carbocycles. The van der Waals surface area contributed by atoms with E-state index < -0.39 is 24.0 Å². The maximum atomic E-state index is 11.5. The molecular weight excluding hydrogens is 294 g/mol. The Morgan fingerprint density at radius 3 is 2.36 bits per heavy atom. The molecule has 8 nitrogen and oxygen atoms in total. The van der Waals surface area contributed by atoms with Crippen LogP contribution in [0.4, 0.5) is 4.79 Å². The number of hydrogen-bond acceptors (Lipinski definition) is 7. The van der Waals surface area contributed by atoms with Gasteiger partial charge in [-0.15, -0.1) is 0 Å². The molecule has 0 fully saturated rings. The smallest absolute Gasteiger partial charge is 0.408 e. The van der Waals surface area contributed by atoms with Crippen LogP contribution in [0, 0.1) is 0 Å². The Bertz CT molecular complexity index is 376. The standard InChI is InChI=1S/C14H25NO7/c1-10(20-8-7-16)21-12(18)6-5-11(17)9-15-13(19)22-14(2,3)4/h10,16H,5-9H2,1-4H3,(H,15,19). The lowest BCUT2D eigenvalue weighted by molar-refractivity contribution is -0.176. The van der Waals surface area contributed by atoms with Gasteiger partial charge in [0.1, 0.15) is 5.60 Å². The number of rotatable bonds is 9. The molecule has 0 saturated heterocycles. The lowest BCUT2D eigenvalue weighted by Crippen LogP contribution is -2.35. The summed E-state index contributed by atoms with van der Waals surface area (Å²) >= 11 is 0. The summed E-state index contributed by atoms with van der Waals surface area (Å²) in [5, 5.41) is 10.9. The fourth-order valence-corrected chi connectivity index (χ4v) is 1.31. The van der Waals surface area contributed by atoms with Gasteiger partial charge in [-0.25, -0.2) is 4.79 Å². The van der Waals surface area contributed by atoms with Crippen molar-refractivity contribution in [1.29, 1.82) is 0 Å². The second-order valence-electron chi connectivity index (χ2n) is 5.55. The van der Waals surface area contributed by atoms with Gasteiger partial charge < -0.3 is 24.6 Å². The molecule has 0 aliphatic rings. The predicted molar refractivity (Wildman–Crippen MR) is 77.1 cm³/mol. The maximum Gasteiger partial charge on any atom is 0.408 e. The third kappa shape index (κ3) is 12.1. The molecule has 0 saturated carbocycles. The van der Waals surface area contributed by atoms with E-state index in [0.717, 1.165) is 0 Å². The summed E-state index contributed by atoms with van der Waals surface area (Å²) in [4.78, 5) is 34.3. The predicted octanol–water partition coefficient (Wildman–Crippen LogP) is 0.758. The second-order valence-corrected chi connectivity index (χ2v) is 5.55. The third-order valence-electron chi connectivity index (χ3n) is 2.18. The van der Waals surface area contributed by atoms with Gasteiger partial charge in [0.2, 0.25) is 0 Å². The molecule has 0 aliphatic heterocycles. The van der Waals surface area contributed by atoms with Gasteiger partial charge in [-0.1, -0.05) is 0 Å². The second kappa shape index (κ2) is 10.1. The fraction of sp³-hybridized carbons (Fsp3) is 0.786. The monoisotopic (exact) mass is 319 g/mol. The number of amides is 1. The summed E-state index contributed by atoms with van der Waals surface area (Å²) in [6.45, 7) is 6.33. The number of hydrogen-bond donors (Lipinski definition) is 2. The number of aliphatic hydroxyl groups is 1. The minimum absolute atomic E-state index is 0.0542. The highest BCUT2D eigenvalue weighted by atomic mass is 16.7. The highest BCUT2D eigenvalue weighted by molar-refractivity contribution is 5.86. The Balaban J connectivity index is 3.85. The molecule has 0 rings (SSSR count). The summed E-state index contributed by atoms with van der Waals surface area (Å²) in [7, 11) is 0. The van der Waals surface area contributed by atoms with Crippen molar-refractivity contribution in [3.63, 3.8) is 0 Å². The molecule has 8 heteroatoms. The molecule has 128 valence electrons. The molecule has 0 aromatic heterocycles. The molecule has 0 bridgehead atoms. The van der Waals surface area contributed by atoms with Crippen LogP contribution in [-0.4, -0.2) is 54.6 Å². The number of carbonyl (C=O) groups is 3. The number of nitrogens with one attached hydrogen (secondary N) is 1. The first-order valence-electron chi connectivity index (χ1n) is 7.04. The number of ketones is 1. The Kier molecular flexibility index (Phi) is 9.35. The highest BCUT2D eigenvalue weighted by Gasteiger charge is 2.17. The van der Waals surface area contributed by atoms with Gasteiger partial charge in [0.05, 0.1) is 26.2 Å².